The van der Waals surface area contributed by atoms with Gasteiger partial charge in [0.2, 0.25) is 0 Å². The molecule has 2 atom stereocenters. The number of nitrogens with one attached hydrogen (secondary N) is 1. The predicted octanol–water partition coefficient (Wildman–Crippen LogP) is 1.63. The molecule has 1 fully saturated rings. The molecule has 0 aliphatic carbocycles. The minimum absolute atomic E-state index is 0.0331. The molecule has 0 aromatic carbocycles. The number of nitrogens with zero attached hydrogens (tertiary/aromatic N) is 1. The van der Waals surface area contributed by atoms with Gasteiger partial charge in [-0.05, 0) is 41.3 Å². The number of carbonyl (C=O) groups excluding carboxylic acids is 1. The van der Waals surface area contributed by atoms with Crippen LogP contribution in [0, 0.1) is 18.8 Å². The summed E-state index contributed by atoms with van der Waals surface area (Å²) in [6.07, 6.45) is 0.549. The zero-order valence-electron chi connectivity index (χ0n) is 11.9. The fourth-order valence-corrected chi connectivity index (χ4v) is 2.95. The summed E-state index contributed by atoms with van der Waals surface area (Å²) in [4.78, 5) is 39.6. The van der Waals surface area contributed by atoms with Gasteiger partial charge in [-0.3, -0.25) is 14.4 Å². The summed E-state index contributed by atoms with van der Waals surface area (Å²) in [6.45, 7) is 4.24. The van der Waals surface area contributed by atoms with Crippen LogP contribution in [0.2, 0.25) is 0 Å². The van der Waals surface area contributed by atoms with Crippen LogP contribution in [0.3, 0.4) is 0 Å². The number of carboxylic acids is 1. The smallest absolute Gasteiger partial charge is 0.308 e. The number of H-pyrrole nitrogens is 1. The lowest BCUT2D eigenvalue weighted by Crippen LogP contribution is -2.46. The van der Waals surface area contributed by atoms with E-state index in [0.717, 1.165) is 0 Å². The second-order valence-corrected chi connectivity index (χ2v) is 6.43. The maximum atomic E-state index is 12.5. The summed E-state index contributed by atoms with van der Waals surface area (Å²) >= 11 is 3.28. The van der Waals surface area contributed by atoms with E-state index in [1.165, 1.54) is 11.0 Å². The molecule has 2 unspecified atom stereocenters. The van der Waals surface area contributed by atoms with Gasteiger partial charge in [0.05, 0.1) is 5.92 Å². The Morgan fingerprint density at radius 2 is 2.10 bits per heavy atom. The highest BCUT2D eigenvalue weighted by Crippen LogP contribution is 2.23. The minimum Gasteiger partial charge on any atom is -0.481 e. The highest BCUT2D eigenvalue weighted by Gasteiger charge is 2.33. The molecule has 1 amide bonds. The molecular formula is C14H17BrN2O4. The number of amides is 1. The summed E-state index contributed by atoms with van der Waals surface area (Å²) in [7, 11) is 0. The van der Waals surface area contributed by atoms with E-state index in [1.807, 2.05) is 6.92 Å². The van der Waals surface area contributed by atoms with E-state index >= 15 is 0 Å². The van der Waals surface area contributed by atoms with Gasteiger partial charge in [0, 0.05) is 23.3 Å². The quantitative estimate of drug-likeness (QED) is 0.842. The molecular weight excluding hydrogens is 340 g/mol. The van der Waals surface area contributed by atoms with Gasteiger partial charge in [-0.25, -0.2) is 0 Å². The Morgan fingerprint density at radius 1 is 1.43 bits per heavy atom. The molecule has 0 spiro atoms. The maximum Gasteiger partial charge on any atom is 0.308 e. The van der Waals surface area contributed by atoms with Gasteiger partial charge in [-0.2, -0.15) is 0 Å². The number of aliphatic carboxylic acids is 1. The van der Waals surface area contributed by atoms with Crippen LogP contribution in [-0.4, -0.2) is 40.0 Å². The summed E-state index contributed by atoms with van der Waals surface area (Å²) in [6, 6.07) is 1.49. The van der Waals surface area contributed by atoms with Gasteiger partial charge in [0.15, 0.2) is 0 Å². The van der Waals surface area contributed by atoms with Crippen molar-refractivity contribution in [2.24, 2.45) is 11.8 Å². The molecule has 1 aromatic rings. The molecule has 7 heteroatoms. The second-order valence-electron chi connectivity index (χ2n) is 5.57. The molecule has 0 radical (unpaired) electrons. The number of pyridine rings is 1. The van der Waals surface area contributed by atoms with Crippen LogP contribution in [0.4, 0.5) is 0 Å². The third-order valence-corrected chi connectivity index (χ3v) is 4.53. The molecule has 2 N–H and O–H groups in total. The highest BCUT2D eigenvalue weighted by molar-refractivity contribution is 9.10. The molecule has 2 rings (SSSR count). The lowest BCUT2D eigenvalue weighted by Gasteiger charge is -2.34. The zero-order chi connectivity index (χ0) is 15.7. The second kappa shape index (κ2) is 6.01. The Hall–Kier alpha value is -1.63. The molecule has 1 aromatic heterocycles. The minimum atomic E-state index is -0.904. The summed E-state index contributed by atoms with van der Waals surface area (Å²) in [5, 5.41) is 9.15. The van der Waals surface area contributed by atoms with Crippen molar-refractivity contribution < 1.29 is 14.7 Å². The van der Waals surface area contributed by atoms with Gasteiger partial charge >= 0.3 is 5.97 Å². The van der Waals surface area contributed by atoms with Crippen LogP contribution in [-0.2, 0) is 4.79 Å². The fourth-order valence-electron chi connectivity index (χ4n) is 2.62. The van der Waals surface area contributed by atoms with Crippen LogP contribution < -0.4 is 5.56 Å². The van der Waals surface area contributed by atoms with Crippen LogP contribution >= 0.6 is 15.9 Å². The lowest BCUT2D eigenvalue weighted by molar-refractivity contribution is -0.143. The van der Waals surface area contributed by atoms with Crippen molar-refractivity contribution in [1.29, 1.82) is 0 Å². The standard InChI is InChI=1S/C14H17BrN2O4/c1-7-3-9(14(20)21)6-17(5-7)13(19)10-4-11(15)8(2)16-12(10)18/h4,7,9H,3,5-6H2,1-2H3,(H,16,18)(H,20,21). The van der Waals surface area contributed by atoms with Crippen LogP contribution in [0.15, 0.2) is 15.3 Å². The number of halogens is 1. The largest absolute Gasteiger partial charge is 0.481 e. The van der Waals surface area contributed by atoms with Crippen molar-refractivity contribution in [3.05, 3.63) is 32.2 Å². The first-order valence-electron chi connectivity index (χ1n) is 6.71. The van der Waals surface area contributed by atoms with Crippen molar-refractivity contribution in [3.8, 4) is 0 Å². The lowest BCUT2D eigenvalue weighted by atomic mass is 9.90. The number of aromatic nitrogens is 1. The topological polar surface area (TPSA) is 90.5 Å². The van der Waals surface area contributed by atoms with Crippen LogP contribution in [0.1, 0.15) is 29.4 Å². The molecule has 1 saturated heterocycles. The maximum absolute atomic E-state index is 12.5. The number of hydrogen-bond acceptors (Lipinski definition) is 3. The fraction of sp³-hybridized carbons (Fsp3) is 0.500. The Labute approximate surface area is 130 Å². The Morgan fingerprint density at radius 3 is 2.71 bits per heavy atom. The molecule has 21 heavy (non-hydrogen) atoms. The zero-order valence-corrected chi connectivity index (χ0v) is 13.4. The van der Waals surface area contributed by atoms with Gasteiger partial charge in [-0.1, -0.05) is 6.92 Å². The first kappa shape index (κ1) is 15.8. The van der Waals surface area contributed by atoms with Gasteiger partial charge in [0.25, 0.3) is 11.5 Å². The summed E-state index contributed by atoms with van der Waals surface area (Å²) < 4.78 is 0.644. The highest BCUT2D eigenvalue weighted by atomic mass is 79.9. The van der Waals surface area contributed by atoms with E-state index in [-0.39, 0.29) is 18.0 Å². The van der Waals surface area contributed by atoms with E-state index in [9.17, 15) is 14.4 Å². The van der Waals surface area contributed by atoms with E-state index < -0.39 is 23.4 Å². The number of rotatable bonds is 2. The average molecular weight is 357 g/mol. The van der Waals surface area contributed by atoms with Crippen molar-refractivity contribution in [3.63, 3.8) is 0 Å². The molecule has 1 aliphatic heterocycles. The third kappa shape index (κ3) is 3.34. The van der Waals surface area contributed by atoms with Gasteiger partial charge < -0.3 is 15.0 Å². The first-order valence-corrected chi connectivity index (χ1v) is 7.50. The Balaban J connectivity index is 2.29. The van der Waals surface area contributed by atoms with E-state index in [1.54, 1.807) is 6.92 Å². The molecule has 0 bridgehead atoms. The van der Waals surface area contributed by atoms with Crippen molar-refractivity contribution in [2.75, 3.05) is 13.1 Å². The third-order valence-electron chi connectivity index (χ3n) is 3.70. The Bertz CT molecular complexity index is 640. The van der Waals surface area contributed by atoms with E-state index in [2.05, 4.69) is 20.9 Å². The van der Waals surface area contributed by atoms with Crippen molar-refractivity contribution in [1.82, 2.24) is 9.88 Å². The number of hydrogen-bond donors (Lipinski definition) is 2. The monoisotopic (exact) mass is 356 g/mol. The number of piperidine rings is 1. The molecule has 0 saturated carbocycles. The average Bonchev–Trinajstić information content (AvgIpc) is 2.41. The normalized spacial score (nSPS) is 22.1. The molecule has 6 nitrogen and oxygen atoms in total. The number of aryl methyl sites for hydroxylation is 1. The Kier molecular flexibility index (Phi) is 4.51. The van der Waals surface area contributed by atoms with Crippen molar-refractivity contribution in [2.45, 2.75) is 20.3 Å². The van der Waals surface area contributed by atoms with Crippen LogP contribution in [0.5, 0.6) is 0 Å². The van der Waals surface area contributed by atoms with Gasteiger partial charge in [0.1, 0.15) is 5.56 Å². The van der Waals surface area contributed by atoms with Gasteiger partial charge in [-0.15, -0.1) is 0 Å². The summed E-state index contributed by atoms with van der Waals surface area (Å²) in [5.41, 5.74) is 0.225. The molecule has 2 heterocycles. The number of carbonyl (C=O) groups is 2. The van der Waals surface area contributed by atoms with Crippen molar-refractivity contribution >= 4 is 27.8 Å². The van der Waals surface area contributed by atoms with E-state index in [4.69, 9.17) is 5.11 Å². The number of aromatic amines is 1. The number of likely N-dealkylation sites (tertiary alicyclic amines) is 1. The molecule has 1 aliphatic rings. The van der Waals surface area contributed by atoms with Crippen LogP contribution in [0.25, 0.3) is 0 Å². The first-order chi connectivity index (χ1) is 9.79. The molecule has 114 valence electrons. The predicted molar refractivity (Wildman–Crippen MR) is 80.3 cm³/mol. The summed E-state index contributed by atoms with van der Waals surface area (Å²) in [5.74, 6) is -1.81. The SMILES string of the molecule is Cc1[nH]c(=O)c(C(=O)N2CC(C)CC(C(=O)O)C2)cc1Br. The number of carboxylic acid groups (broad SMARTS) is 1. The van der Waals surface area contributed by atoms with E-state index in [0.29, 0.717) is 23.1 Å².